The number of nitrogen functional groups attached to an aromatic ring is 1. The highest BCUT2D eigenvalue weighted by Crippen LogP contribution is 2.51. The van der Waals surface area contributed by atoms with E-state index in [1.165, 1.54) is 22.3 Å². The standard InChI is InChI=1S/C23H30N2O.ClH/c1-6-25-20(15-10-8-7-9-11-15)19-16(13-22(25,2)3)12-18(24)21-17(19)14-23(4,5)26-21;/h7-12,20H,6,13-14,24H2,1-5H3;1H. The van der Waals surface area contributed by atoms with Crippen molar-refractivity contribution >= 4 is 18.1 Å². The molecule has 2 aromatic carbocycles. The van der Waals surface area contributed by atoms with Gasteiger partial charge in [-0.1, -0.05) is 37.3 Å². The van der Waals surface area contributed by atoms with Crippen LogP contribution in [-0.4, -0.2) is 22.6 Å². The lowest BCUT2D eigenvalue weighted by Crippen LogP contribution is -2.51. The Morgan fingerprint density at radius 2 is 1.78 bits per heavy atom. The number of fused-ring (bicyclic) bond motifs is 3. The molecular formula is C23H31ClN2O. The van der Waals surface area contributed by atoms with E-state index < -0.39 is 0 Å². The molecule has 3 nitrogen and oxygen atoms in total. The van der Waals surface area contributed by atoms with Crippen LogP contribution in [0.15, 0.2) is 36.4 Å². The predicted molar refractivity (Wildman–Crippen MR) is 115 cm³/mol. The molecule has 2 heterocycles. The third-order valence-electron chi connectivity index (χ3n) is 5.96. The van der Waals surface area contributed by atoms with Gasteiger partial charge in [0.2, 0.25) is 0 Å². The minimum absolute atomic E-state index is 0. The number of anilines is 1. The SMILES string of the molecule is CCN1C(c2ccccc2)c2c(cc(N)c3c2CC(C)(C)O3)CC1(C)C.Cl. The van der Waals surface area contributed by atoms with Gasteiger partial charge >= 0.3 is 0 Å². The van der Waals surface area contributed by atoms with Crippen LogP contribution in [0.5, 0.6) is 5.75 Å². The molecule has 2 N–H and O–H groups in total. The second kappa shape index (κ2) is 6.72. The first kappa shape index (κ1) is 20.0. The van der Waals surface area contributed by atoms with Gasteiger partial charge < -0.3 is 10.5 Å². The second-order valence-corrected chi connectivity index (χ2v) is 8.97. The molecule has 0 saturated heterocycles. The van der Waals surface area contributed by atoms with Crippen molar-refractivity contribution in [2.24, 2.45) is 0 Å². The first-order valence-corrected chi connectivity index (χ1v) is 9.68. The minimum Gasteiger partial charge on any atom is -0.485 e. The van der Waals surface area contributed by atoms with Crippen LogP contribution < -0.4 is 10.5 Å². The van der Waals surface area contributed by atoms with Crippen molar-refractivity contribution in [1.82, 2.24) is 4.90 Å². The summed E-state index contributed by atoms with van der Waals surface area (Å²) < 4.78 is 6.25. The lowest BCUT2D eigenvalue weighted by molar-refractivity contribution is 0.0778. The summed E-state index contributed by atoms with van der Waals surface area (Å²) in [5.41, 5.74) is 12.6. The first-order valence-electron chi connectivity index (χ1n) is 9.68. The molecule has 0 aliphatic carbocycles. The molecule has 0 saturated carbocycles. The summed E-state index contributed by atoms with van der Waals surface area (Å²) in [6.45, 7) is 12.3. The molecule has 27 heavy (non-hydrogen) atoms. The zero-order valence-corrected chi connectivity index (χ0v) is 17.8. The zero-order chi connectivity index (χ0) is 18.7. The maximum Gasteiger partial charge on any atom is 0.146 e. The topological polar surface area (TPSA) is 38.5 Å². The van der Waals surface area contributed by atoms with Crippen LogP contribution in [0.4, 0.5) is 5.69 Å². The molecule has 2 aliphatic heterocycles. The smallest absolute Gasteiger partial charge is 0.146 e. The molecule has 0 fully saturated rings. The molecular weight excluding hydrogens is 356 g/mol. The Kier molecular flexibility index (Phi) is 4.98. The highest BCUT2D eigenvalue weighted by atomic mass is 35.5. The summed E-state index contributed by atoms with van der Waals surface area (Å²) in [4.78, 5) is 2.63. The summed E-state index contributed by atoms with van der Waals surface area (Å²) in [6.07, 6.45) is 1.93. The Morgan fingerprint density at radius 1 is 1.11 bits per heavy atom. The molecule has 2 aliphatic rings. The molecule has 0 spiro atoms. The highest BCUT2D eigenvalue weighted by Gasteiger charge is 2.44. The Bertz CT molecular complexity index is 845. The Balaban J connectivity index is 0.00000210. The number of rotatable bonds is 2. The van der Waals surface area contributed by atoms with Gasteiger partial charge in [-0.05, 0) is 63.4 Å². The van der Waals surface area contributed by atoms with Crippen LogP contribution in [0.25, 0.3) is 0 Å². The molecule has 0 amide bonds. The molecule has 0 bridgehead atoms. The number of nitrogens with zero attached hydrogens (tertiary/aromatic N) is 1. The van der Waals surface area contributed by atoms with Crippen molar-refractivity contribution < 1.29 is 4.74 Å². The second-order valence-electron chi connectivity index (χ2n) is 8.97. The maximum atomic E-state index is 6.42. The number of hydrogen-bond acceptors (Lipinski definition) is 3. The van der Waals surface area contributed by atoms with E-state index >= 15 is 0 Å². The minimum atomic E-state index is -0.198. The van der Waals surface area contributed by atoms with Crippen molar-refractivity contribution in [3.05, 3.63) is 58.7 Å². The molecule has 0 aromatic heterocycles. The van der Waals surface area contributed by atoms with E-state index in [2.05, 4.69) is 75.9 Å². The summed E-state index contributed by atoms with van der Waals surface area (Å²) >= 11 is 0. The van der Waals surface area contributed by atoms with Gasteiger partial charge in [0.05, 0.1) is 11.7 Å². The third-order valence-corrected chi connectivity index (χ3v) is 5.96. The van der Waals surface area contributed by atoms with Crippen LogP contribution in [-0.2, 0) is 12.8 Å². The quantitative estimate of drug-likeness (QED) is 0.725. The monoisotopic (exact) mass is 386 g/mol. The first-order chi connectivity index (χ1) is 12.2. The van der Waals surface area contributed by atoms with E-state index in [1.807, 2.05) is 0 Å². The molecule has 2 aromatic rings. The van der Waals surface area contributed by atoms with Crippen LogP contribution in [0.2, 0.25) is 0 Å². The van der Waals surface area contributed by atoms with Gasteiger partial charge in [-0.3, -0.25) is 4.90 Å². The van der Waals surface area contributed by atoms with Crippen LogP contribution in [0.3, 0.4) is 0 Å². The van der Waals surface area contributed by atoms with Gasteiger partial charge in [-0.15, -0.1) is 12.4 Å². The fourth-order valence-corrected chi connectivity index (χ4v) is 5.01. The van der Waals surface area contributed by atoms with Crippen LogP contribution >= 0.6 is 12.4 Å². The van der Waals surface area contributed by atoms with Crippen molar-refractivity contribution in [2.75, 3.05) is 12.3 Å². The van der Waals surface area contributed by atoms with E-state index in [0.29, 0.717) is 0 Å². The molecule has 4 rings (SSSR count). The third kappa shape index (κ3) is 3.21. The molecule has 1 atom stereocenters. The van der Waals surface area contributed by atoms with Crippen molar-refractivity contribution in [3.63, 3.8) is 0 Å². The van der Waals surface area contributed by atoms with E-state index in [9.17, 15) is 0 Å². The fourth-order valence-electron chi connectivity index (χ4n) is 5.01. The zero-order valence-electron chi connectivity index (χ0n) is 17.0. The highest BCUT2D eigenvalue weighted by molar-refractivity contribution is 5.85. The predicted octanol–water partition coefficient (Wildman–Crippen LogP) is 5.15. The average Bonchev–Trinajstić information content (AvgIpc) is 2.89. The summed E-state index contributed by atoms with van der Waals surface area (Å²) in [5, 5.41) is 0. The van der Waals surface area contributed by atoms with Crippen molar-refractivity contribution in [1.29, 1.82) is 0 Å². The lowest BCUT2D eigenvalue weighted by Gasteiger charge is -2.49. The Labute approximate surface area is 169 Å². The van der Waals surface area contributed by atoms with Crippen LogP contribution in [0, 0.1) is 0 Å². The van der Waals surface area contributed by atoms with Crippen molar-refractivity contribution in [3.8, 4) is 5.75 Å². The average molecular weight is 387 g/mol. The number of nitrogens with two attached hydrogens (primary N) is 1. The fraction of sp³-hybridized carbons (Fsp3) is 0.478. The van der Waals surface area contributed by atoms with Crippen molar-refractivity contribution in [2.45, 2.75) is 64.6 Å². The molecule has 1 unspecified atom stereocenters. The number of benzene rings is 2. The Hall–Kier alpha value is -1.71. The molecule has 4 heteroatoms. The van der Waals surface area contributed by atoms with E-state index in [1.54, 1.807) is 0 Å². The van der Waals surface area contributed by atoms with Crippen LogP contribution in [0.1, 0.15) is 62.9 Å². The largest absolute Gasteiger partial charge is 0.485 e. The molecule has 0 radical (unpaired) electrons. The van der Waals surface area contributed by atoms with Gasteiger partial charge in [0.15, 0.2) is 0 Å². The number of halogens is 1. The van der Waals surface area contributed by atoms with Gasteiger partial charge in [0.25, 0.3) is 0 Å². The van der Waals surface area contributed by atoms with Gasteiger partial charge in [0, 0.05) is 17.5 Å². The lowest BCUT2D eigenvalue weighted by atomic mass is 9.76. The van der Waals surface area contributed by atoms with Gasteiger partial charge in [-0.2, -0.15) is 0 Å². The van der Waals surface area contributed by atoms with E-state index in [4.69, 9.17) is 10.5 Å². The number of hydrogen-bond donors (Lipinski definition) is 1. The summed E-state index contributed by atoms with van der Waals surface area (Å²) in [6, 6.07) is 13.3. The summed E-state index contributed by atoms with van der Waals surface area (Å²) in [7, 11) is 0. The number of ether oxygens (including phenoxy) is 1. The van der Waals surface area contributed by atoms with Gasteiger partial charge in [0.1, 0.15) is 11.4 Å². The summed E-state index contributed by atoms with van der Waals surface area (Å²) in [5.74, 6) is 0.908. The van der Waals surface area contributed by atoms with E-state index in [0.717, 1.165) is 30.8 Å². The Morgan fingerprint density at radius 3 is 2.41 bits per heavy atom. The number of likely N-dealkylation sites (N-methyl/N-ethyl adjacent to an activating group) is 1. The maximum absolute atomic E-state index is 6.42. The molecule has 146 valence electrons. The van der Waals surface area contributed by atoms with Gasteiger partial charge in [-0.25, -0.2) is 0 Å². The normalized spacial score (nSPS) is 22.3. The van der Waals surface area contributed by atoms with E-state index in [-0.39, 0.29) is 29.6 Å².